The SMILES string of the molecule is c1ccc(-c2cc(-c3cccc(-c4cccc(-c5cccc6c5oc5ccc7ccccc7c56)c4)c3)nc(-c3ccccc3)n2)cc1. The van der Waals surface area contributed by atoms with E-state index in [1.54, 1.807) is 0 Å². The number of aromatic nitrogens is 2. The van der Waals surface area contributed by atoms with Crippen molar-refractivity contribution in [3.05, 3.63) is 170 Å². The Kier molecular flexibility index (Phi) is 6.46. The molecular formula is C44H28N2O. The lowest BCUT2D eigenvalue weighted by Gasteiger charge is -2.11. The number of hydrogen-bond donors (Lipinski definition) is 0. The molecule has 220 valence electrons. The van der Waals surface area contributed by atoms with Crippen LogP contribution < -0.4 is 0 Å². The standard InChI is InChI=1S/C44H28N2O/c1-3-13-30(14-4-1)39-28-40(46-44(45-39)31-15-5-2-6-16-31)35-20-10-18-33(27-35)32-17-9-19-34(26-32)37-22-11-23-38-42-36-21-8-7-12-29(36)24-25-41(42)47-43(37)38/h1-28H. The van der Waals surface area contributed by atoms with E-state index in [9.17, 15) is 0 Å². The Morgan fingerprint density at radius 1 is 0.383 bits per heavy atom. The molecule has 0 saturated carbocycles. The van der Waals surface area contributed by atoms with Gasteiger partial charge in [-0.2, -0.15) is 0 Å². The minimum absolute atomic E-state index is 0.709. The normalized spacial score (nSPS) is 11.4. The first-order valence-corrected chi connectivity index (χ1v) is 15.8. The van der Waals surface area contributed by atoms with E-state index < -0.39 is 0 Å². The summed E-state index contributed by atoms with van der Waals surface area (Å²) in [6.07, 6.45) is 0. The topological polar surface area (TPSA) is 38.9 Å². The minimum Gasteiger partial charge on any atom is -0.455 e. The fourth-order valence-corrected chi connectivity index (χ4v) is 6.59. The van der Waals surface area contributed by atoms with Gasteiger partial charge in [-0.25, -0.2) is 9.97 Å². The molecule has 9 rings (SSSR count). The molecule has 47 heavy (non-hydrogen) atoms. The van der Waals surface area contributed by atoms with Crippen molar-refractivity contribution in [2.75, 3.05) is 0 Å². The summed E-state index contributed by atoms with van der Waals surface area (Å²) < 4.78 is 6.55. The number of nitrogens with zero attached hydrogens (tertiary/aromatic N) is 2. The van der Waals surface area contributed by atoms with Crippen LogP contribution in [0, 0.1) is 0 Å². The number of furan rings is 1. The van der Waals surface area contributed by atoms with Crippen LogP contribution in [-0.2, 0) is 0 Å². The number of hydrogen-bond acceptors (Lipinski definition) is 3. The quantitative estimate of drug-likeness (QED) is 0.197. The molecule has 0 spiro atoms. The second kappa shape index (κ2) is 11.2. The van der Waals surface area contributed by atoms with Crippen LogP contribution >= 0.6 is 0 Å². The molecule has 3 heteroatoms. The molecule has 3 nitrogen and oxygen atoms in total. The summed E-state index contributed by atoms with van der Waals surface area (Å²) in [6, 6.07) is 59.0. The Hall–Kier alpha value is -6.32. The summed E-state index contributed by atoms with van der Waals surface area (Å²) in [7, 11) is 0. The first-order chi connectivity index (χ1) is 23.3. The zero-order valence-corrected chi connectivity index (χ0v) is 25.5. The van der Waals surface area contributed by atoms with Crippen molar-refractivity contribution in [2.45, 2.75) is 0 Å². The van der Waals surface area contributed by atoms with E-state index in [1.807, 2.05) is 36.4 Å². The molecule has 0 amide bonds. The van der Waals surface area contributed by atoms with Gasteiger partial charge in [0.1, 0.15) is 11.2 Å². The van der Waals surface area contributed by atoms with Crippen LogP contribution in [0.4, 0.5) is 0 Å². The van der Waals surface area contributed by atoms with E-state index in [-0.39, 0.29) is 0 Å². The molecular weight excluding hydrogens is 572 g/mol. The van der Waals surface area contributed by atoms with Gasteiger partial charge >= 0.3 is 0 Å². The molecule has 0 radical (unpaired) electrons. The van der Waals surface area contributed by atoms with Crippen molar-refractivity contribution in [3.8, 4) is 56.2 Å². The average Bonchev–Trinajstić information content (AvgIpc) is 3.55. The Labute approximate surface area is 272 Å². The van der Waals surface area contributed by atoms with Crippen molar-refractivity contribution in [2.24, 2.45) is 0 Å². The highest BCUT2D eigenvalue weighted by molar-refractivity contribution is 6.20. The van der Waals surface area contributed by atoms with Crippen LogP contribution in [0.15, 0.2) is 174 Å². The van der Waals surface area contributed by atoms with Crippen molar-refractivity contribution in [1.82, 2.24) is 9.97 Å². The fourth-order valence-electron chi connectivity index (χ4n) is 6.59. The van der Waals surface area contributed by atoms with Gasteiger partial charge in [0.2, 0.25) is 0 Å². The van der Waals surface area contributed by atoms with Gasteiger partial charge in [0.25, 0.3) is 0 Å². The molecule has 0 N–H and O–H groups in total. The van der Waals surface area contributed by atoms with E-state index >= 15 is 0 Å². The second-order valence-electron chi connectivity index (χ2n) is 11.8. The molecule has 2 heterocycles. The lowest BCUT2D eigenvalue weighted by Crippen LogP contribution is -1.96. The molecule has 0 bridgehead atoms. The minimum atomic E-state index is 0.709. The Morgan fingerprint density at radius 2 is 0.957 bits per heavy atom. The predicted octanol–water partition coefficient (Wildman–Crippen LogP) is 11.9. The van der Waals surface area contributed by atoms with Crippen LogP contribution in [0.2, 0.25) is 0 Å². The zero-order valence-electron chi connectivity index (χ0n) is 25.5. The van der Waals surface area contributed by atoms with Gasteiger partial charge < -0.3 is 4.42 Å². The van der Waals surface area contributed by atoms with E-state index in [2.05, 4.69) is 133 Å². The Balaban J connectivity index is 1.15. The smallest absolute Gasteiger partial charge is 0.160 e. The Morgan fingerprint density at radius 3 is 1.74 bits per heavy atom. The van der Waals surface area contributed by atoms with Gasteiger partial charge in [-0.05, 0) is 51.7 Å². The molecule has 0 aliphatic rings. The highest BCUT2D eigenvalue weighted by atomic mass is 16.3. The molecule has 0 saturated heterocycles. The number of fused-ring (bicyclic) bond motifs is 5. The third-order valence-electron chi connectivity index (χ3n) is 8.88. The first kappa shape index (κ1) is 27.0. The van der Waals surface area contributed by atoms with Crippen molar-refractivity contribution in [3.63, 3.8) is 0 Å². The van der Waals surface area contributed by atoms with Crippen LogP contribution in [0.1, 0.15) is 0 Å². The molecule has 7 aromatic carbocycles. The van der Waals surface area contributed by atoms with Crippen LogP contribution in [0.3, 0.4) is 0 Å². The monoisotopic (exact) mass is 600 g/mol. The number of benzene rings is 7. The van der Waals surface area contributed by atoms with E-state index in [0.717, 1.165) is 66.9 Å². The lowest BCUT2D eigenvalue weighted by molar-refractivity contribution is 0.670. The fraction of sp³-hybridized carbons (Fsp3) is 0. The van der Waals surface area contributed by atoms with Crippen molar-refractivity contribution < 1.29 is 4.42 Å². The molecule has 0 unspecified atom stereocenters. The summed E-state index contributed by atoms with van der Waals surface area (Å²) in [6.45, 7) is 0. The maximum atomic E-state index is 6.55. The first-order valence-electron chi connectivity index (χ1n) is 15.8. The van der Waals surface area contributed by atoms with Crippen molar-refractivity contribution in [1.29, 1.82) is 0 Å². The van der Waals surface area contributed by atoms with Crippen molar-refractivity contribution >= 4 is 32.7 Å². The average molecular weight is 601 g/mol. The second-order valence-corrected chi connectivity index (χ2v) is 11.8. The third-order valence-corrected chi connectivity index (χ3v) is 8.88. The molecule has 2 aromatic heterocycles. The Bertz CT molecular complexity index is 2510. The summed E-state index contributed by atoms with van der Waals surface area (Å²) in [5, 5.41) is 4.72. The van der Waals surface area contributed by atoms with Gasteiger partial charge in [0.15, 0.2) is 5.82 Å². The molecule has 0 aliphatic heterocycles. The van der Waals surface area contributed by atoms with Crippen LogP contribution in [0.5, 0.6) is 0 Å². The third kappa shape index (κ3) is 4.86. The zero-order chi connectivity index (χ0) is 31.2. The molecule has 0 atom stereocenters. The predicted molar refractivity (Wildman–Crippen MR) is 194 cm³/mol. The maximum Gasteiger partial charge on any atom is 0.160 e. The lowest BCUT2D eigenvalue weighted by atomic mass is 9.96. The maximum absolute atomic E-state index is 6.55. The largest absolute Gasteiger partial charge is 0.455 e. The number of para-hydroxylation sites is 1. The van der Waals surface area contributed by atoms with Crippen LogP contribution in [0.25, 0.3) is 88.9 Å². The highest BCUT2D eigenvalue weighted by Gasteiger charge is 2.16. The number of rotatable bonds is 5. The van der Waals surface area contributed by atoms with Gasteiger partial charge in [-0.1, -0.05) is 146 Å². The van der Waals surface area contributed by atoms with E-state index in [0.29, 0.717) is 5.82 Å². The summed E-state index contributed by atoms with van der Waals surface area (Å²) in [5.41, 5.74) is 11.1. The van der Waals surface area contributed by atoms with Gasteiger partial charge in [-0.3, -0.25) is 0 Å². The van der Waals surface area contributed by atoms with Gasteiger partial charge in [-0.15, -0.1) is 0 Å². The summed E-state index contributed by atoms with van der Waals surface area (Å²) in [5.74, 6) is 0.709. The van der Waals surface area contributed by atoms with Gasteiger partial charge in [0.05, 0.1) is 11.4 Å². The summed E-state index contributed by atoms with van der Waals surface area (Å²) >= 11 is 0. The highest BCUT2D eigenvalue weighted by Crippen LogP contribution is 2.40. The van der Waals surface area contributed by atoms with E-state index in [4.69, 9.17) is 14.4 Å². The molecule has 0 fully saturated rings. The molecule has 0 aliphatic carbocycles. The van der Waals surface area contributed by atoms with Gasteiger partial charge in [0, 0.05) is 33.0 Å². The summed E-state index contributed by atoms with van der Waals surface area (Å²) in [4.78, 5) is 10.0. The van der Waals surface area contributed by atoms with Crippen LogP contribution in [-0.4, -0.2) is 9.97 Å². The molecule has 9 aromatic rings. The van der Waals surface area contributed by atoms with E-state index in [1.165, 1.54) is 16.2 Å².